The van der Waals surface area contributed by atoms with E-state index in [2.05, 4.69) is 4.98 Å². The van der Waals surface area contributed by atoms with Gasteiger partial charge in [-0.05, 0) is 25.1 Å². The molecule has 0 aliphatic carbocycles. The molecule has 0 bridgehead atoms. The van der Waals surface area contributed by atoms with Gasteiger partial charge >= 0.3 is 6.55 Å². The highest BCUT2D eigenvalue weighted by molar-refractivity contribution is 5.35. The van der Waals surface area contributed by atoms with Gasteiger partial charge in [0.05, 0.1) is 6.10 Å². The zero-order chi connectivity index (χ0) is 14.7. The zero-order valence-corrected chi connectivity index (χ0v) is 10.6. The van der Waals surface area contributed by atoms with Crippen LogP contribution < -0.4 is 4.74 Å². The quantitative estimate of drug-likeness (QED) is 0.919. The number of halogens is 3. The number of imidazole rings is 1. The van der Waals surface area contributed by atoms with Gasteiger partial charge < -0.3 is 9.84 Å². The van der Waals surface area contributed by atoms with Gasteiger partial charge in [0, 0.05) is 18.0 Å². The van der Waals surface area contributed by atoms with Gasteiger partial charge in [-0.3, -0.25) is 4.57 Å². The van der Waals surface area contributed by atoms with Gasteiger partial charge in [-0.25, -0.2) is 9.37 Å². The van der Waals surface area contributed by atoms with Crippen molar-refractivity contribution >= 4 is 0 Å². The Morgan fingerprint density at radius 1 is 1.40 bits per heavy atom. The third-order valence-corrected chi connectivity index (χ3v) is 2.74. The summed E-state index contributed by atoms with van der Waals surface area (Å²) in [5.41, 5.74) is 0.250. The van der Waals surface area contributed by atoms with Gasteiger partial charge in [0.2, 0.25) is 0 Å². The molecule has 0 amide bonds. The largest absolute Gasteiger partial charge is 0.485 e. The van der Waals surface area contributed by atoms with Crippen molar-refractivity contribution in [2.24, 2.45) is 0 Å². The number of nitrogens with zero attached hydrogens (tertiary/aromatic N) is 2. The third kappa shape index (κ3) is 3.11. The molecule has 1 N–H and O–H groups in total. The van der Waals surface area contributed by atoms with Gasteiger partial charge in [0.25, 0.3) is 0 Å². The smallest absolute Gasteiger partial charge is 0.320 e. The normalized spacial score (nSPS) is 12.7. The first-order chi connectivity index (χ1) is 9.49. The van der Waals surface area contributed by atoms with Gasteiger partial charge in [0.15, 0.2) is 5.82 Å². The molecule has 2 aromatic rings. The Morgan fingerprint density at radius 2 is 2.15 bits per heavy atom. The molecule has 0 fully saturated rings. The van der Waals surface area contributed by atoms with E-state index in [-0.39, 0.29) is 23.7 Å². The van der Waals surface area contributed by atoms with Crippen LogP contribution >= 0.6 is 0 Å². The van der Waals surface area contributed by atoms with Crippen LogP contribution in [0.2, 0.25) is 0 Å². The highest BCUT2D eigenvalue weighted by Gasteiger charge is 2.14. The van der Waals surface area contributed by atoms with Gasteiger partial charge in [-0.1, -0.05) is 0 Å². The molecule has 0 saturated heterocycles. The molecule has 0 saturated carbocycles. The predicted octanol–water partition coefficient (Wildman–Crippen LogP) is 3.05. The van der Waals surface area contributed by atoms with E-state index in [9.17, 15) is 18.3 Å². The van der Waals surface area contributed by atoms with Gasteiger partial charge in [-0.15, -0.1) is 0 Å². The van der Waals surface area contributed by atoms with Crippen molar-refractivity contribution in [3.05, 3.63) is 47.8 Å². The van der Waals surface area contributed by atoms with Crippen molar-refractivity contribution in [3.8, 4) is 5.75 Å². The minimum absolute atomic E-state index is 0.0425. The Labute approximate surface area is 113 Å². The van der Waals surface area contributed by atoms with E-state index in [4.69, 9.17) is 4.74 Å². The fourth-order valence-corrected chi connectivity index (χ4v) is 1.75. The summed E-state index contributed by atoms with van der Waals surface area (Å²) in [6, 6.07) is 3.65. The topological polar surface area (TPSA) is 47.3 Å². The fourth-order valence-electron chi connectivity index (χ4n) is 1.75. The Morgan fingerprint density at radius 3 is 2.80 bits per heavy atom. The van der Waals surface area contributed by atoms with Gasteiger partial charge in [0.1, 0.15) is 18.2 Å². The Hall–Kier alpha value is -2.02. The molecule has 1 unspecified atom stereocenters. The summed E-state index contributed by atoms with van der Waals surface area (Å²) < 4.78 is 44.4. The Kier molecular flexibility index (Phi) is 4.29. The van der Waals surface area contributed by atoms with Crippen molar-refractivity contribution < 1.29 is 23.0 Å². The summed E-state index contributed by atoms with van der Waals surface area (Å²) in [4.78, 5) is 3.77. The molecule has 4 nitrogen and oxygen atoms in total. The molecule has 1 aromatic carbocycles. The lowest BCUT2D eigenvalue weighted by molar-refractivity contribution is 0.0630. The number of hydrogen-bond donors (Lipinski definition) is 1. The number of aromatic nitrogens is 2. The summed E-state index contributed by atoms with van der Waals surface area (Å²) >= 11 is 0. The van der Waals surface area contributed by atoms with E-state index in [1.165, 1.54) is 25.3 Å². The van der Waals surface area contributed by atoms with Crippen LogP contribution in [0.5, 0.6) is 5.75 Å². The van der Waals surface area contributed by atoms with Crippen LogP contribution in [0.3, 0.4) is 0 Å². The summed E-state index contributed by atoms with van der Waals surface area (Å²) in [5, 5.41) is 9.54. The van der Waals surface area contributed by atoms with Crippen molar-refractivity contribution in [1.29, 1.82) is 0 Å². The predicted molar refractivity (Wildman–Crippen MR) is 64.8 cm³/mol. The van der Waals surface area contributed by atoms with E-state index in [1.807, 2.05) is 0 Å². The van der Waals surface area contributed by atoms with Crippen LogP contribution in [-0.2, 0) is 6.61 Å². The number of alkyl halides is 2. The minimum atomic E-state index is -2.71. The molecule has 108 valence electrons. The molecule has 1 heterocycles. The third-order valence-electron chi connectivity index (χ3n) is 2.74. The van der Waals surface area contributed by atoms with Crippen molar-refractivity contribution in [3.63, 3.8) is 0 Å². The molecule has 0 radical (unpaired) electrons. The summed E-state index contributed by atoms with van der Waals surface area (Å²) in [7, 11) is 0. The number of aliphatic hydroxyl groups is 1. The molecule has 1 atom stereocenters. The van der Waals surface area contributed by atoms with Crippen LogP contribution in [-0.4, -0.2) is 14.7 Å². The molecule has 20 heavy (non-hydrogen) atoms. The molecule has 1 aromatic heterocycles. The summed E-state index contributed by atoms with van der Waals surface area (Å²) in [5.74, 6) is -0.242. The molecule has 0 aliphatic heterocycles. The van der Waals surface area contributed by atoms with Gasteiger partial charge in [-0.2, -0.15) is 8.78 Å². The Bertz CT molecular complexity index is 585. The van der Waals surface area contributed by atoms with Crippen molar-refractivity contribution in [2.75, 3.05) is 0 Å². The van der Waals surface area contributed by atoms with Crippen molar-refractivity contribution in [2.45, 2.75) is 26.2 Å². The van der Waals surface area contributed by atoms with Crippen LogP contribution in [0, 0.1) is 5.82 Å². The minimum Gasteiger partial charge on any atom is -0.485 e. The summed E-state index contributed by atoms with van der Waals surface area (Å²) in [6.45, 7) is -1.45. The second kappa shape index (κ2) is 5.96. The van der Waals surface area contributed by atoms with Crippen LogP contribution in [0.15, 0.2) is 30.6 Å². The monoisotopic (exact) mass is 286 g/mol. The maximum atomic E-state index is 13.1. The molecular weight excluding hydrogens is 273 g/mol. The lowest BCUT2D eigenvalue weighted by atomic mass is 10.1. The van der Waals surface area contributed by atoms with Crippen LogP contribution in [0.25, 0.3) is 0 Å². The average Bonchev–Trinajstić information content (AvgIpc) is 2.85. The maximum Gasteiger partial charge on any atom is 0.320 e. The molecule has 0 aliphatic rings. The van der Waals surface area contributed by atoms with Crippen molar-refractivity contribution in [1.82, 2.24) is 9.55 Å². The lowest BCUT2D eigenvalue weighted by Crippen LogP contribution is -2.08. The number of benzene rings is 1. The second-order valence-electron chi connectivity index (χ2n) is 4.18. The molecule has 7 heteroatoms. The fraction of sp³-hybridized carbons (Fsp3) is 0.308. The van der Waals surface area contributed by atoms with Crippen LogP contribution in [0.4, 0.5) is 13.2 Å². The maximum absolute atomic E-state index is 13.1. The first-order valence-corrected chi connectivity index (χ1v) is 5.89. The van der Waals surface area contributed by atoms with E-state index in [1.54, 1.807) is 0 Å². The standard InChI is InChI=1S/C13H13F3N2O2/c1-8(19)10-6-9(14)2-3-11(10)20-7-12-17-4-5-18(12)13(15)16/h2-6,8,13,19H,7H2,1H3. The van der Waals surface area contributed by atoms with E-state index < -0.39 is 18.5 Å². The number of aliphatic hydroxyl groups excluding tert-OH is 1. The molecule has 0 spiro atoms. The first kappa shape index (κ1) is 14.4. The first-order valence-electron chi connectivity index (χ1n) is 5.89. The average molecular weight is 286 g/mol. The van der Waals surface area contributed by atoms with E-state index in [0.29, 0.717) is 4.57 Å². The lowest BCUT2D eigenvalue weighted by Gasteiger charge is -2.14. The highest BCUT2D eigenvalue weighted by Crippen LogP contribution is 2.27. The molecular formula is C13H13F3N2O2. The van der Waals surface area contributed by atoms with E-state index >= 15 is 0 Å². The second-order valence-corrected chi connectivity index (χ2v) is 4.18. The Balaban J connectivity index is 2.17. The van der Waals surface area contributed by atoms with E-state index in [0.717, 1.165) is 12.3 Å². The highest BCUT2D eigenvalue weighted by atomic mass is 19.3. The zero-order valence-electron chi connectivity index (χ0n) is 10.6. The molecule has 2 rings (SSSR count). The number of ether oxygens (including phenoxy) is 1. The number of hydrogen-bond acceptors (Lipinski definition) is 3. The SMILES string of the molecule is CC(O)c1cc(F)ccc1OCc1nccn1C(F)F. The summed E-state index contributed by atoms with van der Waals surface area (Å²) in [6.07, 6.45) is 1.45. The van der Waals surface area contributed by atoms with Crippen LogP contribution in [0.1, 0.15) is 31.0 Å². The number of rotatable bonds is 5.